The number of carbonyl (C=O) groups is 1. The SMILES string of the molecule is CC(C)(C)OC(=O)N1CCC(c2cccc3c2CCC(c2ccc(C#N)cc2F)O3)CC1. The summed E-state index contributed by atoms with van der Waals surface area (Å²) in [6, 6.07) is 12.6. The Kier molecular flexibility index (Phi) is 6.10. The van der Waals surface area contributed by atoms with Gasteiger partial charge in [0.25, 0.3) is 0 Å². The summed E-state index contributed by atoms with van der Waals surface area (Å²) in [7, 11) is 0. The molecule has 1 amide bonds. The minimum absolute atomic E-state index is 0.248. The number of amides is 1. The average Bonchev–Trinajstić information content (AvgIpc) is 2.77. The van der Waals surface area contributed by atoms with Gasteiger partial charge >= 0.3 is 6.09 Å². The number of rotatable bonds is 2. The smallest absolute Gasteiger partial charge is 0.410 e. The molecule has 2 heterocycles. The molecule has 0 spiro atoms. The third-order valence-electron chi connectivity index (χ3n) is 6.16. The maximum absolute atomic E-state index is 14.5. The molecule has 0 saturated carbocycles. The van der Waals surface area contributed by atoms with Crippen LogP contribution in [-0.4, -0.2) is 29.7 Å². The summed E-state index contributed by atoms with van der Waals surface area (Å²) >= 11 is 0. The van der Waals surface area contributed by atoms with Crippen LogP contribution in [0.1, 0.15) is 74.3 Å². The van der Waals surface area contributed by atoms with Gasteiger partial charge in [-0.1, -0.05) is 18.2 Å². The number of ether oxygens (including phenoxy) is 2. The summed E-state index contributed by atoms with van der Waals surface area (Å²) in [5.41, 5.74) is 2.76. The monoisotopic (exact) mass is 436 g/mol. The number of nitrogens with zero attached hydrogens (tertiary/aromatic N) is 2. The van der Waals surface area contributed by atoms with Gasteiger partial charge in [-0.05, 0) is 81.7 Å². The van der Waals surface area contributed by atoms with E-state index < -0.39 is 11.4 Å². The van der Waals surface area contributed by atoms with Gasteiger partial charge in [-0.2, -0.15) is 5.26 Å². The molecule has 168 valence electrons. The fourth-order valence-corrected chi connectivity index (χ4v) is 4.61. The number of hydrogen-bond donors (Lipinski definition) is 0. The largest absolute Gasteiger partial charge is 0.485 e. The van der Waals surface area contributed by atoms with E-state index in [1.54, 1.807) is 17.0 Å². The van der Waals surface area contributed by atoms with E-state index in [-0.39, 0.29) is 12.2 Å². The quantitative estimate of drug-likeness (QED) is 0.590. The Balaban J connectivity index is 1.46. The van der Waals surface area contributed by atoms with Crippen LogP contribution < -0.4 is 4.74 Å². The standard InChI is InChI=1S/C26H29FN2O3/c1-26(2,3)32-25(30)29-13-11-18(12-14-29)19-5-4-6-23-20(19)9-10-24(31-23)21-8-7-17(16-28)15-22(21)27/h4-8,15,18,24H,9-14H2,1-3H3. The predicted octanol–water partition coefficient (Wildman–Crippen LogP) is 5.88. The van der Waals surface area contributed by atoms with Crippen LogP contribution in [0.3, 0.4) is 0 Å². The zero-order valence-electron chi connectivity index (χ0n) is 18.9. The molecular formula is C26H29FN2O3. The van der Waals surface area contributed by atoms with Gasteiger partial charge in [-0.3, -0.25) is 0 Å². The molecule has 2 aromatic carbocycles. The van der Waals surface area contributed by atoms with Crippen molar-refractivity contribution in [3.8, 4) is 11.8 Å². The van der Waals surface area contributed by atoms with Crippen molar-refractivity contribution in [2.45, 2.75) is 64.1 Å². The van der Waals surface area contributed by atoms with Crippen LogP contribution >= 0.6 is 0 Å². The molecule has 1 saturated heterocycles. The number of piperidine rings is 1. The van der Waals surface area contributed by atoms with Crippen molar-refractivity contribution in [2.75, 3.05) is 13.1 Å². The lowest BCUT2D eigenvalue weighted by atomic mass is 9.83. The van der Waals surface area contributed by atoms with Crippen LogP contribution in [0.2, 0.25) is 0 Å². The topological polar surface area (TPSA) is 62.6 Å². The van der Waals surface area contributed by atoms with Gasteiger partial charge in [0, 0.05) is 18.7 Å². The molecule has 0 N–H and O–H groups in total. The summed E-state index contributed by atoms with van der Waals surface area (Å²) in [6.45, 7) is 6.98. The molecule has 32 heavy (non-hydrogen) atoms. The highest BCUT2D eigenvalue weighted by molar-refractivity contribution is 5.68. The molecular weight excluding hydrogens is 407 g/mol. The highest BCUT2D eigenvalue weighted by Gasteiger charge is 2.31. The first kappa shape index (κ1) is 22.1. The molecule has 4 rings (SSSR count). The van der Waals surface area contributed by atoms with E-state index in [4.69, 9.17) is 14.7 Å². The molecule has 6 heteroatoms. The van der Waals surface area contributed by atoms with Crippen LogP contribution in [0.15, 0.2) is 36.4 Å². The summed E-state index contributed by atoms with van der Waals surface area (Å²) in [5, 5.41) is 8.97. The van der Waals surface area contributed by atoms with Crippen LogP contribution in [0.25, 0.3) is 0 Å². The highest BCUT2D eigenvalue weighted by Crippen LogP contribution is 2.41. The highest BCUT2D eigenvalue weighted by atomic mass is 19.1. The van der Waals surface area contributed by atoms with Crippen molar-refractivity contribution in [2.24, 2.45) is 0 Å². The van der Waals surface area contributed by atoms with Gasteiger partial charge in [-0.25, -0.2) is 9.18 Å². The summed E-state index contributed by atoms with van der Waals surface area (Å²) < 4.78 is 26.2. The number of likely N-dealkylation sites (tertiary alicyclic amines) is 1. The van der Waals surface area contributed by atoms with Crippen LogP contribution in [0.4, 0.5) is 9.18 Å². The number of hydrogen-bond acceptors (Lipinski definition) is 4. The van der Waals surface area contributed by atoms with Gasteiger partial charge in [0.15, 0.2) is 0 Å². The molecule has 2 aliphatic heterocycles. The van der Waals surface area contributed by atoms with E-state index in [0.717, 1.165) is 25.0 Å². The fraction of sp³-hybridized carbons (Fsp3) is 0.462. The summed E-state index contributed by atoms with van der Waals surface area (Å²) in [5.74, 6) is 0.760. The van der Waals surface area contributed by atoms with Crippen LogP contribution in [0, 0.1) is 17.1 Å². The van der Waals surface area contributed by atoms with E-state index in [9.17, 15) is 9.18 Å². The zero-order chi connectivity index (χ0) is 22.9. The van der Waals surface area contributed by atoms with E-state index in [0.29, 0.717) is 36.6 Å². The number of carbonyl (C=O) groups excluding carboxylic acids is 1. The minimum atomic E-state index is -0.491. The molecule has 1 unspecified atom stereocenters. The van der Waals surface area contributed by atoms with Crippen molar-refractivity contribution in [3.63, 3.8) is 0 Å². The third-order valence-corrected chi connectivity index (χ3v) is 6.16. The molecule has 1 fully saturated rings. The van der Waals surface area contributed by atoms with Crippen molar-refractivity contribution >= 4 is 6.09 Å². The van der Waals surface area contributed by atoms with Crippen molar-refractivity contribution in [1.29, 1.82) is 5.26 Å². The van der Waals surface area contributed by atoms with Crippen molar-refractivity contribution < 1.29 is 18.7 Å². The van der Waals surface area contributed by atoms with E-state index in [1.165, 1.54) is 17.2 Å². The normalized spacial score (nSPS) is 19.0. The number of fused-ring (bicyclic) bond motifs is 1. The minimum Gasteiger partial charge on any atom is -0.485 e. The Labute approximate surface area is 188 Å². The van der Waals surface area contributed by atoms with Crippen LogP contribution in [-0.2, 0) is 11.2 Å². The van der Waals surface area contributed by atoms with Gasteiger partial charge < -0.3 is 14.4 Å². The van der Waals surface area contributed by atoms with Gasteiger partial charge in [0.05, 0.1) is 11.6 Å². The second-order valence-corrected chi connectivity index (χ2v) is 9.56. The molecule has 2 aliphatic rings. The Morgan fingerprint density at radius 1 is 1.16 bits per heavy atom. The molecule has 1 atom stereocenters. The number of nitriles is 1. The molecule has 2 aromatic rings. The zero-order valence-corrected chi connectivity index (χ0v) is 18.9. The van der Waals surface area contributed by atoms with E-state index >= 15 is 0 Å². The Morgan fingerprint density at radius 3 is 2.56 bits per heavy atom. The summed E-state index contributed by atoms with van der Waals surface area (Å²) in [4.78, 5) is 14.2. The number of halogens is 1. The molecule has 0 bridgehead atoms. The predicted molar refractivity (Wildman–Crippen MR) is 119 cm³/mol. The van der Waals surface area contributed by atoms with Gasteiger partial charge in [-0.15, -0.1) is 0 Å². The lowest BCUT2D eigenvalue weighted by Gasteiger charge is -2.35. The first-order valence-corrected chi connectivity index (χ1v) is 11.2. The molecule has 0 aliphatic carbocycles. The second-order valence-electron chi connectivity index (χ2n) is 9.56. The maximum Gasteiger partial charge on any atom is 0.410 e. The number of benzene rings is 2. The summed E-state index contributed by atoms with van der Waals surface area (Å²) in [6.07, 6.45) is 2.64. The lowest BCUT2D eigenvalue weighted by Crippen LogP contribution is -2.41. The Bertz CT molecular complexity index is 1050. The second kappa shape index (κ2) is 8.82. The maximum atomic E-state index is 14.5. The molecule has 0 aromatic heterocycles. The lowest BCUT2D eigenvalue weighted by molar-refractivity contribution is 0.0204. The van der Waals surface area contributed by atoms with Crippen molar-refractivity contribution in [3.05, 3.63) is 64.5 Å². The van der Waals surface area contributed by atoms with E-state index in [1.807, 2.05) is 39.0 Å². The van der Waals surface area contributed by atoms with Crippen molar-refractivity contribution in [1.82, 2.24) is 4.90 Å². The van der Waals surface area contributed by atoms with E-state index in [2.05, 4.69) is 6.07 Å². The van der Waals surface area contributed by atoms with Gasteiger partial charge in [0.1, 0.15) is 23.3 Å². The molecule has 0 radical (unpaired) electrons. The first-order valence-electron chi connectivity index (χ1n) is 11.2. The fourth-order valence-electron chi connectivity index (χ4n) is 4.61. The third kappa shape index (κ3) is 4.72. The molecule has 5 nitrogen and oxygen atoms in total. The Hall–Kier alpha value is -3.07. The first-order chi connectivity index (χ1) is 15.2. The average molecular weight is 437 g/mol. The van der Waals surface area contributed by atoms with Crippen LogP contribution in [0.5, 0.6) is 5.75 Å². The Morgan fingerprint density at radius 2 is 1.91 bits per heavy atom. The van der Waals surface area contributed by atoms with Gasteiger partial charge in [0.2, 0.25) is 0 Å².